The van der Waals surface area contributed by atoms with Crippen LogP contribution in [0.15, 0.2) is 18.2 Å². The fourth-order valence-electron chi connectivity index (χ4n) is 2.76. The summed E-state index contributed by atoms with van der Waals surface area (Å²) in [4.78, 5) is 2.28. The van der Waals surface area contributed by atoms with E-state index in [1.807, 2.05) is 6.07 Å². The topological polar surface area (TPSA) is 49.5 Å². The van der Waals surface area contributed by atoms with Crippen molar-refractivity contribution < 1.29 is 9.50 Å². The summed E-state index contributed by atoms with van der Waals surface area (Å²) in [5.74, 6) is -0.241. The minimum atomic E-state index is -0.241. The molecule has 1 aliphatic heterocycles. The highest BCUT2D eigenvalue weighted by atomic mass is 19.1. The summed E-state index contributed by atoms with van der Waals surface area (Å²) in [6, 6.07) is 5.16. The van der Waals surface area contributed by atoms with Gasteiger partial charge in [0.15, 0.2) is 0 Å². The van der Waals surface area contributed by atoms with Gasteiger partial charge in [-0.3, -0.25) is 0 Å². The van der Waals surface area contributed by atoms with Crippen molar-refractivity contribution in [1.29, 1.82) is 0 Å². The van der Waals surface area contributed by atoms with E-state index >= 15 is 0 Å². The number of aliphatic hydroxyl groups excluding tert-OH is 1. The second-order valence-corrected chi connectivity index (χ2v) is 4.83. The summed E-state index contributed by atoms with van der Waals surface area (Å²) in [5, 5.41) is 9.14. The lowest BCUT2D eigenvalue weighted by Gasteiger charge is -2.38. The maximum Gasteiger partial charge on any atom is 0.123 e. The molecule has 3 nitrogen and oxygen atoms in total. The van der Waals surface area contributed by atoms with E-state index in [9.17, 15) is 4.39 Å². The summed E-state index contributed by atoms with van der Waals surface area (Å²) in [5.41, 5.74) is 7.58. The van der Waals surface area contributed by atoms with Crippen LogP contribution in [0.1, 0.15) is 31.2 Å². The molecule has 0 saturated carbocycles. The van der Waals surface area contributed by atoms with Crippen LogP contribution in [0.4, 0.5) is 10.1 Å². The summed E-state index contributed by atoms with van der Waals surface area (Å²) in [6.45, 7) is 1.50. The normalized spacial score (nSPS) is 20.2. The molecule has 1 saturated heterocycles. The van der Waals surface area contributed by atoms with Crippen LogP contribution in [0.2, 0.25) is 0 Å². The number of anilines is 1. The summed E-state index contributed by atoms with van der Waals surface area (Å²) in [6.07, 6.45) is 4.19. The number of halogens is 1. The van der Waals surface area contributed by atoms with Crippen molar-refractivity contribution in [1.82, 2.24) is 0 Å². The molecule has 1 aliphatic rings. The highest BCUT2D eigenvalue weighted by molar-refractivity contribution is 5.55. The highest BCUT2D eigenvalue weighted by Crippen LogP contribution is 2.29. The summed E-state index contributed by atoms with van der Waals surface area (Å²) < 4.78 is 13.2. The number of hydrogen-bond donors (Lipinski definition) is 2. The molecule has 0 radical (unpaired) electrons. The van der Waals surface area contributed by atoms with E-state index in [2.05, 4.69) is 4.90 Å². The molecule has 1 fully saturated rings. The molecule has 0 amide bonds. The van der Waals surface area contributed by atoms with Gasteiger partial charge in [-0.05, 0) is 49.4 Å². The maximum atomic E-state index is 13.2. The first kappa shape index (κ1) is 13.3. The Morgan fingerprint density at radius 2 is 2.22 bits per heavy atom. The van der Waals surface area contributed by atoms with Crippen LogP contribution in [0.5, 0.6) is 0 Å². The second kappa shape index (κ2) is 6.16. The van der Waals surface area contributed by atoms with Gasteiger partial charge in [0.1, 0.15) is 5.82 Å². The van der Waals surface area contributed by atoms with Gasteiger partial charge < -0.3 is 15.7 Å². The number of rotatable bonds is 4. The van der Waals surface area contributed by atoms with Crippen LogP contribution >= 0.6 is 0 Å². The van der Waals surface area contributed by atoms with Gasteiger partial charge in [-0.25, -0.2) is 4.39 Å². The lowest BCUT2D eigenvalue weighted by Crippen LogP contribution is -2.40. The predicted molar refractivity (Wildman–Crippen MR) is 71.0 cm³/mol. The Balaban J connectivity index is 2.27. The first-order chi connectivity index (χ1) is 8.76. The molecule has 1 atom stereocenters. The van der Waals surface area contributed by atoms with E-state index in [1.165, 1.54) is 18.6 Å². The number of nitrogens with zero attached hydrogens (tertiary/aromatic N) is 1. The third-order valence-corrected chi connectivity index (χ3v) is 3.66. The Labute approximate surface area is 107 Å². The van der Waals surface area contributed by atoms with Gasteiger partial charge in [0, 0.05) is 31.4 Å². The van der Waals surface area contributed by atoms with E-state index in [0.717, 1.165) is 37.1 Å². The first-order valence-corrected chi connectivity index (χ1v) is 6.62. The number of hydrogen-bond acceptors (Lipinski definition) is 3. The molecule has 3 N–H and O–H groups in total. The fourth-order valence-corrected chi connectivity index (χ4v) is 2.76. The molecular formula is C14H21FN2O. The molecule has 18 heavy (non-hydrogen) atoms. The van der Waals surface area contributed by atoms with Crippen LogP contribution in [-0.4, -0.2) is 24.3 Å². The molecule has 0 aromatic heterocycles. The second-order valence-electron chi connectivity index (χ2n) is 4.83. The molecular weight excluding hydrogens is 231 g/mol. The average Bonchev–Trinajstić information content (AvgIpc) is 2.40. The van der Waals surface area contributed by atoms with Crippen molar-refractivity contribution in [2.24, 2.45) is 5.73 Å². The fraction of sp³-hybridized carbons (Fsp3) is 0.571. The highest BCUT2D eigenvalue weighted by Gasteiger charge is 2.23. The predicted octanol–water partition coefficient (Wildman–Crippen LogP) is 2.03. The molecule has 1 aromatic rings. The van der Waals surface area contributed by atoms with Gasteiger partial charge >= 0.3 is 0 Å². The van der Waals surface area contributed by atoms with E-state index < -0.39 is 0 Å². The van der Waals surface area contributed by atoms with Gasteiger partial charge in [-0.15, -0.1) is 0 Å². The van der Waals surface area contributed by atoms with Gasteiger partial charge in [-0.2, -0.15) is 0 Å². The SMILES string of the molecule is NCc1cc(F)ccc1N1CCCCC1CCO. The van der Waals surface area contributed by atoms with E-state index in [0.29, 0.717) is 12.6 Å². The van der Waals surface area contributed by atoms with Crippen LogP contribution in [-0.2, 0) is 6.54 Å². The van der Waals surface area contributed by atoms with Crippen molar-refractivity contribution in [3.8, 4) is 0 Å². The lowest BCUT2D eigenvalue weighted by atomic mass is 9.97. The van der Waals surface area contributed by atoms with Crippen LogP contribution < -0.4 is 10.6 Å². The zero-order chi connectivity index (χ0) is 13.0. The monoisotopic (exact) mass is 252 g/mol. The number of benzene rings is 1. The molecule has 1 aromatic carbocycles. The largest absolute Gasteiger partial charge is 0.396 e. The van der Waals surface area contributed by atoms with Crippen molar-refractivity contribution in [2.45, 2.75) is 38.3 Å². The standard InChI is InChI=1S/C14H21FN2O/c15-12-4-5-14(11(9-12)10-16)17-7-2-1-3-13(17)6-8-18/h4-5,9,13,18H,1-3,6-8,10,16H2. The smallest absolute Gasteiger partial charge is 0.123 e. The Hall–Kier alpha value is -1.13. The number of nitrogens with two attached hydrogens (primary N) is 1. The third-order valence-electron chi connectivity index (χ3n) is 3.66. The number of aliphatic hydroxyl groups is 1. The Morgan fingerprint density at radius 1 is 1.39 bits per heavy atom. The Morgan fingerprint density at radius 3 is 2.94 bits per heavy atom. The van der Waals surface area contributed by atoms with Crippen molar-refractivity contribution in [3.05, 3.63) is 29.6 Å². The molecule has 4 heteroatoms. The molecule has 1 unspecified atom stereocenters. The van der Waals surface area contributed by atoms with Gasteiger partial charge in [0.25, 0.3) is 0 Å². The average molecular weight is 252 g/mol. The van der Waals surface area contributed by atoms with E-state index in [4.69, 9.17) is 10.8 Å². The van der Waals surface area contributed by atoms with Crippen molar-refractivity contribution in [3.63, 3.8) is 0 Å². The van der Waals surface area contributed by atoms with Crippen molar-refractivity contribution in [2.75, 3.05) is 18.1 Å². The minimum absolute atomic E-state index is 0.195. The quantitative estimate of drug-likeness (QED) is 0.862. The third kappa shape index (κ3) is 2.82. The van der Waals surface area contributed by atoms with Crippen LogP contribution in [0.25, 0.3) is 0 Å². The van der Waals surface area contributed by atoms with Crippen LogP contribution in [0.3, 0.4) is 0 Å². The summed E-state index contributed by atoms with van der Waals surface area (Å²) in [7, 11) is 0. The van der Waals surface area contributed by atoms with Crippen molar-refractivity contribution >= 4 is 5.69 Å². The minimum Gasteiger partial charge on any atom is -0.396 e. The number of piperidine rings is 1. The van der Waals surface area contributed by atoms with Gasteiger partial charge in [-0.1, -0.05) is 0 Å². The van der Waals surface area contributed by atoms with Crippen LogP contribution in [0, 0.1) is 5.82 Å². The van der Waals surface area contributed by atoms with Gasteiger partial charge in [0.2, 0.25) is 0 Å². The zero-order valence-electron chi connectivity index (χ0n) is 10.6. The van der Waals surface area contributed by atoms with E-state index in [-0.39, 0.29) is 12.4 Å². The molecule has 0 bridgehead atoms. The van der Waals surface area contributed by atoms with Gasteiger partial charge in [0.05, 0.1) is 0 Å². The molecule has 0 spiro atoms. The molecule has 2 rings (SSSR count). The lowest BCUT2D eigenvalue weighted by molar-refractivity contribution is 0.262. The summed E-state index contributed by atoms with van der Waals surface area (Å²) >= 11 is 0. The molecule has 1 heterocycles. The molecule has 0 aliphatic carbocycles. The molecule has 100 valence electrons. The van der Waals surface area contributed by atoms with E-state index in [1.54, 1.807) is 0 Å². The first-order valence-electron chi connectivity index (χ1n) is 6.62. The Bertz CT molecular complexity index is 395. The maximum absolute atomic E-state index is 13.2. The zero-order valence-corrected chi connectivity index (χ0v) is 10.6. The Kier molecular flexibility index (Phi) is 4.55.